The summed E-state index contributed by atoms with van der Waals surface area (Å²) in [6, 6.07) is 15.4. The molecule has 0 radical (unpaired) electrons. The summed E-state index contributed by atoms with van der Waals surface area (Å²) in [4.78, 5) is 0. The van der Waals surface area contributed by atoms with E-state index in [0.717, 1.165) is 42.3 Å². The second kappa shape index (κ2) is 14.2. The minimum Gasteiger partial charge on any atom is -0.496 e. The highest BCUT2D eigenvalue weighted by atomic mass is 35.5. The summed E-state index contributed by atoms with van der Waals surface area (Å²) in [6.07, 6.45) is 10.0. The number of hydrogen-bond acceptors (Lipinski definition) is 4. The van der Waals surface area contributed by atoms with Crippen LogP contribution in [0, 0.1) is 0 Å². The molecule has 172 valence electrons. The van der Waals surface area contributed by atoms with Gasteiger partial charge in [-0.2, -0.15) is 0 Å². The van der Waals surface area contributed by atoms with Crippen molar-refractivity contribution in [2.45, 2.75) is 70.9 Å². The van der Waals surface area contributed by atoms with Gasteiger partial charge in [-0.3, -0.25) is 0 Å². The van der Waals surface area contributed by atoms with Crippen molar-refractivity contribution in [2.75, 3.05) is 25.6 Å². The van der Waals surface area contributed by atoms with E-state index in [0.29, 0.717) is 12.6 Å². The van der Waals surface area contributed by atoms with E-state index >= 15 is 0 Å². The largest absolute Gasteiger partial charge is 0.496 e. The average Bonchev–Trinajstić information content (AvgIpc) is 2.81. The van der Waals surface area contributed by atoms with Crippen LogP contribution in [0.3, 0.4) is 0 Å². The molecule has 2 aromatic rings. The van der Waals surface area contributed by atoms with E-state index in [4.69, 9.17) is 9.47 Å². The van der Waals surface area contributed by atoms with Gasteiger partial charge < -0.3 is 20.1 Å². The molecule has 1 saturated heterocycles. The van der Waals surface area contributed by atoms with E-state index in [1.54, 1.807) is 7.11 Å². The van der Waals surface area contributed by atoms with E-state index in [1.165, 1.54) is 50.5 Å². The lowest BCUT2D eigenvalue weighted by Gasteiger charge is -2.24. The van der Waals surface area contributed by atoms with Crippen LogP contribution in [0.15, 0.2) is 42.5 Å². The van der Waals surface area contributed by atoms with E-state index < -0.39 is 0 Å². The molecule has 0 unspecified atom stereocenters. The summed E-state index contributed by atoms with van der Waals surface area (Å²) in [5, 5.41) is 7.20. The third-order valence-electron chi connectivity index (χ3n) is 5.85. The van der Waals surface area contributed by atoms with Crippen molar-refractivity contribution in [3.8, 4) is 11.5 Å². The van der Waals surface area contributed by atoms with E-state index in [2.05, 4.69) is 47.9 Å². The second-order valence-corrected chi connectivity index (χ2v) is 8.22. The van der Waals surface area contributed by atoms with Crippen molar-refractivity contribution in [2.24, 2.45) is 0 Å². The van der Waals surface area contributed by atoms with Crippen molar-refractivity contribution in [3.63, 3.8) is 0 Å². The Kier molecular flexibility index (Phi) is 11.6. The highest BCUT2D eigenvalue weighted by Crippen LogP contribution is 2.27. The third kappa shape index (κ3) is 8.27. The lowest BCUT2D eigenvalue weighted by molar-refractivity contribution is 0.303. The Hall–Kier alpha value is -1.91. The lowest BCUT2D eigenvalue weighted by atomic mass is 9.97. The van der Waals surface area contributed by atoms with Crippen LogP contribution < -0.4 is 20.1 Å². The van der Waals surface area contributed by atoms with Gasteiger partial charge in [0.2, 0.25) is 0 Å². The number of piperidine rings is 1. The molecule has 0 saturated carbocycles. The lowest BCUT2D eigenvalue weighted by Crippen LogP contribution is -2.26. The molecule has 1 atom stereocenters. The maximum atomic E-state index is 5.99. The fourth-order valence-electron chi connectivity index (χ4n) is 4.08. The fraction of sp³-hybridized carbons (Fsp3) is 0.538. The summed E-state index contributed by atoms with van der Waals surface area (Å²) in [5.41, 5.74) is 3.62. The Balaban J connectivity index is 0.00000341. The van der Waals surface area contributed by atoms with Gasteiger partial charge in [0.25, 0.3) is 0 Å². The van der Waals surface area contributed by atoms with Gasteiger partial charge in [0.15, 0.2) is 0 Å². The number of methoxy groups -OCH3 is 1. The third-order valence-corrected chi connectivity index (χ3v) is 5.85. The van der Waals surface area contributed by atoms with Gasteiger partial charge >= 0.3 is 0 Å². The van der Waals surface area contributed by atoms with Crippen LogP contribution in [0.1, 0.15) is 75.5 Å². The molecule has 1 aliphatic heterocycles. The number of nitrogens with one attached hydrogen (secondary N) is 2. The van der Waals surface area contributed by atoms with Gasteiger partial charge in [-0.25, -0.2) is 0 Å². The van der Waals surface area contributed by atoms with Gasteiger partial charge in [0, 0.05) is 23.8 Å². The molecule has 0 amide bonds. The van der Waals surface area contributed by atoms with E-state index in [9.17, 15) is 0 Å². The van der Waals surface area contributed by atoms with E-state index in [1.807, 2.05) is 12.1 Å². The van der Waals surface area contributed by atoms with Gasteiger partial charge in [-0.1, -0.05) is 51.2 Å². The summed E-state index contributed by atoms with van der Waals surface area (Å²) in [6.45, 7) is 4.84. The minimum atomic E-state index is 0. The van der Waals surface area contributed by atoms with Crippen molar-refractivity contribution in [3.05, 3.63) is 53.6 Å². The summed E-state index contributed by atoms with van der Waals surface area (Å²) >= 11 is 0. The van der Waals surface area contributed by atoms with Crippen LogP contribution in [-0.2, 0) is 6.54 Å². The van der Waals surface area contributed by atoms with Crippen molar-refractivity contribution >= 4 is 18.1 Å². The first-order valence-electron chi connectivity index (χ1n) is 11.7. The van der Waals surface area contributed by atoms with Crippen molar-refractivity contribution in [1.29, 1.82) is 0 Å². The summed E-state index contributed by atoms with van der Waals surface area (Å²) in [5.74, 6) is 1.81. The number of rotatable bonds is 12. The van der Waals surface area contributed by atoms with Crippen LogP contribution in [-0.4, -0.2) is 20.3 Å². The van der Waals surface area contributed by atoms with Gasteiger partial charge in [0.1, 0.15) is 11.5 Å². The zero-order chi connectivity index (χ0) is 21.0. The number of ether oxygens (including phenoxy) is 2. The monoisotopic (exact) mass is 446 g/mol. The maximum absolute atomic E-state index is 5.99. The van der Waals surface area contributed by atoms with Crippen LogP contribution in [0.2, 0.25) is 0 Å². The molecule has 0 aliphatic carbocycles. The number of anilines is 1. The first-order chi connectivity index (χ1) is 14.8. The standard InChI is InChI=1S/C26H38N2O2.ClH/c1-3-4-5-6-9-17-30-24-14-15-26(29-2)22(19-24)20-28-23-12-10-11-21(18-23)25-13-7-8-16-27-25;/h10-12,14-15,18-19,25,27-28H,3-9,13,16-17,20H2,1-2H3;1H/t25-;/m0./s1. The zero-order valence-corrected chi connectivity index (χ0v) is 19.9. The SMILES string of the molecule is CCCCCCCOc1ccc(OC)c(CNc2cccc([C@@H]3CCCCN3)c2)c1.Cl. The number of hydrogen-bond donors (Lipinski definition) is 2. The summed E-state index contributed by atoms with van der Waals surface area (Å²) in [7, 11) is 1.72. The smallest absolute Gasteiger partial charge is 0.124 e. The minimum absolute atomic E-state index is 0. The average molecular weight is 447 g/mol. The quantitative estimate of drug-likeness (QED) is 0.348. The molecular weight excluding hydrogens is 408 g/mol. The Morgan fingerprint density at radius 3 is 2.68 bits per heavy atom. The molecule has 0 spiro atoms. The molecule has 1 heterocycles. The highest BCUT2D eigenvalue weighted by Gasteiger charge is 2.14. The topological polar surface area (TPSA) is 42.5 Å². The number of halogens is 1. The van der Waals surface area contributed by atoms with E-state index in [-0.39, 0.29) is 12.4 Å². The first-order valence-corrected chi connectivity index (χ1v) is 11.7. The number of benzene rings is 2. The molecule has 1 aliphatic rings. The second-order valence-electron chi connectivity index (χ2n) is 8.22. The van der Waals surface area contributed by atoms with Crippen molar-refractivity contribution < 1.29 is 9.47 Å². The molecule has 3 rings (SSSR count). The van der Waals surface area contributed by atoms with Crippen LogP contribution >= 0.6 is 12.4 Å². The molecule has 1 fully saturated rings. The van der Waals surface area contributed by atoms with Crippen LogP contribution in [0.4, 0.5) is 5.69 Å². The normalized spacial score (nSPS) is 15.7. The van der Waals surface area contributed by atoms with Gasteiger partial charge in [-0.15, -0.1) is 12.4 Å². The molecular formula is C26H39ClN2O2. The maximum Gasteiger partial charge on any atom is 0.124 e. The molecule has 2 aromatic carbocycles. The Morgan fingerprint density at radius 2 is 1.90 bits per heavy atom. The molecule has 0 aromatic heterocycles. The summed E-state index contributed by atoms with van der Waals surface area (Å²) < 4.78 is 11.6. The highest BCUT2D eigenvalue weighted by molar-refractivity contribution is 5.85. The first kappa shape index (κ1) is 25.4. The van der Waals surface area contributed by atoms with Gasteiger partial charge in [0.05, 0.1) is 13.7 Å². The van der Waals surface area contributed by atoms with Crippen LogP contribution in [0.5, 0.6) is 11.5 Å². The van der Waals surface area contributed by atoms with Crippen LogP contribution in [0.25, 0.3) is 0 Å². The molecule has 31 heavy (non-hydrogen) atoms. The number of unbranched alkanes of at least 4 members (excludes halogenated alkanes) is 4. The molecule has 0 bridgehead atoms. The molecule has 5 heteroatoms. The molecule has 2 N–H and O–H groups in total. The fourth-order valence-corrected chi connectivity index (χ4v) is 4.08. The molecule has 4 nitrogen and oxygen atoms in total. The predicted molar refractivity (Wildman–Crippen MR) is 133 cm³/mol. The Bertz CT molecular complexity index is 763. The Labute approximate surface area is 194 Å². The van der Waals surface area contributed by atoms with Crippen molar-refractivity contribution in [1.82, 2.24) is 5.32 Å². The predicted octanol–water partition coefficient (Wildman–Crippen LogP) is 6.89. The van der Waals surface area contributed by atoms with Gasteiger partial charge in [-0.05, 0) is 61.7 Å². The zero-order valence-electron chi connectivity index (χ0n) is 19.1. The Morgan fingerprint density at radius 1 is 1.03 bits per heavy atom.